The number of halogens is 1. The molecule has 0 saturated heterocycles. The van der Waals surface area contributed by atoms with Crippen LogP contribution in [-0.4, -0.2) is 24.0 Å². The molecule has 3 rings (SSSR count). The van der Waals surface area contributed by atoms with Crippen molar-refractivity contribution in [3.63, 3.8) is 0 Å². The SMILES string of the molecule is CCC1CCC(NC(=NC)NCc2coc(-c3ccccc3)n2)CC1.I. The van der Waals surface area contributed by atoms with Gasteiger partial charge >= 0.3 is 0 Å². The van der Waals surface area contributed by atoms with E-state index in [-0.39, 0.29) is 24.0 Å². The number of oxazole rings is 1. The number of rotatable bonds is 5. The Balaban J connectivity index is 0.00000243. The van der Waals surface area contributed by atoms with E-state index in [1.54, 1.807) is 6.26 Å². The van der Waals surface area contributed by atoms with Crippen LogP contribution in [0, 0.1) is 5.92 Å². The number of nitrogens with one attached hydrogen (secondary N) is 2. The molecule has 0 bridgehead atoms. The summed E-state index contributed by atoms with van der Waals surface area (Å²) >= 11 is 0. The van der Waals surface area contributed by atoms with Gasteiger partial charge in [-0.2, -0.15) is 0 Å². The molecule has 0 amide bonds. The Morgan fingerprint density at radius 1 is 1.19 bits per heavy atom. The second-order valence-electron chi connectivity index (χ2n) is 6.71. The minimum absolute atomic E-state index is 0. The Labute approximate surface area is 173 Å². The van der Waals surface area contributed by atoms with Crippen LogP contribution in [0.4, 0.5) is 0 Å². The first-order valence-electron chi connectivity index (χ1n) is 9.25. The maximum atomic E-state index is 5.58. The van der Waals surface area contributed by atoms with Gasteiger partial charge in [0.2, 0.25) is 5.89 Å². The minimum Gasteiger partial charge on any atom is -0.444 e. The molecule has 26 heavy (non-hydrogen) atoms. The monoisotopic (exact) mass is 468 g/mol. The smallest absolute Gasteiger partial charge is 0.226 e. The van der Waals surface area contributed by atoms with Crippen LogP contribution in [0.3, 0.4) is 0 Å². The van der Waals surface area contributed by atoms with Gasteiger partial charge in [-0.1, -0.05) is 31.5 Å². The Morgan fingerprint density at radius 2 is 1.92 bits per heavy atom. The standard InChI is InChI=1S/C20H28N4O.HI/c1-3-15-9-11-17(12-10-15)24-20(21-2)22-13-18-14-25-19(23-18)16-7-5-4-6-8-16;/h4-8,14-15,17H,3,9-13H2,1-2H3,(H2,21,22,24);1H. The molecule has 1 aliphatic carbocycles. The van der Waals surface area contributed by atoms with Crippen LogP contribution in [0.15, 0.2) is 46.0 Å². The molecule has 0 spiro atoms. The van der Waals surface area contributed by atoms with E-state index in [1.807, 2.05) is 37.4 Å². The first kappa shape index (κ1) is 20.7. The molecular weight excluding hydrogens is 439 g/mol. The van der Waals surface area contributed by atoms with Gasteiger partial charge in [0, 0.05) is 18.7 Å². The summed E-state index contributed by atoms with van der Waals surface area (Å²) in [7, 11) is 1.81. The summed E-state index contributed by atoms with van der Waals surface area (Å²) in [6.07, 6.45) is 8.08. The van der Waals surface area contributed by atoms with Crippen molar-refractivity contribution in [3.8, 4) is 11.5 Å². The zero-order valence-electron chi connectivity index (χ0n) is 15.6. The lowest BCUT2D eigenvalue weighted by molar-refractivity contribution is 0.304. The van der Waals surface area contributed by atoms with Crippen LogP contribution in [0.2, 0.25) is 0 Å². The third-order valence-electron chi connectivity index (χ3n) is 5.00. The van der Waals surface area contributed by atoms with Gasteiger partial charge in [-0.05, 0) is 43.7 Å². The molecule has 1 aromatic heterocycles. The van der Waals surface area contributed by atoms with Crippen molar-refractivity contribution in [2.45, 2.75) is 51.6 Å². The quantitative estimate of drug-likeness (QED) is 0.383. The van der Waals surface area contributed by atoms with Gasteiger partial charge in [-0.25, -0.2) is 4.98 Å². The maximum Gasteiger partial charge on any atom is 0.226 e. The molecule has 1 saturated carbocycles. The van der Waals surface area contributed by atoms with Gasteiger partial charge < -0.3 is 15.1 Å². The summed E-state index contributed by atoms with van der Waals surface area (Å²) in [4.78, 5) is 8.88. The molecule has 1 aliphatic rings. The van der Waals surface area contributed by atoms with E-state index in [0.717, 1.165) is 23.1 Å². The largest absolute Gasteiger partial charge is 0.444 e. The number of hydrogen-bond donors (Lipinski definition) is 2. The molecule has 142 valence electrons. The molecule has 2 N–H and O–H groups in total. The molecule has 6 heteroatoms. The number of aliphatic imine (C=N–C) groups is 1. The van der Waals surface area contributed by atoms with Gasteiger partial charge in [0.1, 0.15) is 6.26 Å². The summed E-state index contributed by atoms with van der Waals surface area (Å²) in [6.45, 7) is 2.89. The lowest BCUT2D eigenvalue weighted by Crippen LogP contribution is -2.44. The van der Waals surface area contributed by atoms with Crippen molar-refractivity contribution in [1.82, 2.24) is 15.6 Å². The number of guanidine groups is 1. The number of aromatic nitrogens is 1. The summed E-state index contributed by atoms with van der Waals surface area (Å²) in [5, 5.41) is 6.88. The lowest BCUT2D eigenvalue weighted by atomic mass is 9.84. The van der Waals surface area contributed by atoms with E-state index in [4.69, 9.17) is 4.42 Å². The van der Waals surface area contributed by atoms with Gasteiger partial charge in [0.05, 0.1) is 12.2 Å². The Hall–Kier alpha value is -1.57. The number of nitrogens with zero attached hydrogens (tertiary/aromatic N) is 2. The van der Waals surface area contributed by atoms with E-state index in [9.17, 15) is 0 Å². The molecule has 1 heterocycles. The second-order valence-corrected chi connectivity index (χ2v) is 6.71. The molecular formula is C20H29IN4O. The summed E-state index contributed by atoms with van der Waals surface area (Å²) in [5.41, 5.74) is 1.86. The first-order chi connectivity index (χ1) is 12.3. The van der Waals surface area contributed by atoms with Crippen LogP contribution in [-0.2, 0) is 6.54 Å². The fraction of sp³-hybridized carbons (Fsp3) is 0.500. The van der Waals surface area contributed by atoms with Crippen LogP contribution >= 0.6 is 24.0 Å². The topological polar surface area (TPSA) is 62.5 Å². The van der Waals surface area contributed by atoms with Crippen LogP contribution in [0.5, 0.6) is 0 Å². The van der Waals surface area contributed by atoms with Gasteiger partial charge in [0.15, 0.2) is 5.96 Å². The van der Waals surface area contributed by atoms with Crippen molar-refractivity contribution in [2.75, 3.05) is 7.05 Å². The predicted molar refractivity (Wildman–Crippen MR) is 117 cm³/mol. The van der Waals surface area contributed by atoms with Crippen molar-refractivity contribution < 1.29 is 4.42 Å². The fourth-order valence-electron chi connectivity index (χ4n) is 3.38. The third kappa shape index (κ3) is 5.72. The van der Waals surface area contributed by atoms with E-state index in [1.165, 1.54) is 32.1 Å². The maximum absolute atomic E-state index is 5.58. The average Bonchev–Trinajstić information content (AvgIpc) is 3.15. The second kappa shape index (κ2) is 10.5. The van der Waals surface area contributed by atoms with E-state index in [0.29, 0.717) is 18.5 Å². The highest BCUT2D eigenvalue weighted by atomic mass is 127. The zero-order chi connectivity index (χ0) is 17.5. The van der Waals surface area contributed by atoms with E-state index < -0.39 is 0 Å². The molecule has 2 aromatic rings. The van der Waals surface area contributed by atoms with E-state index in [2.05, 4.69) is 27.5 Å². The normalized spacial score (nSPS) is 20.3. The van der Waals surface area contributed by atoms with Gasteiger partial charge in [-0.3, -0.25) is 4.99 Å². The number of benzene rings is 1. The third-order valence-corrected chi connectivity index (χ3v) is 5.00. The highest BCUT2D eigenvalue weighted by Crippen LogP contribution is 2.26. The molecule has 1 fully saturated rings. The fourth-order valence-corrected chi connectivity index (χ4v) is 3.38. The lowest BCUT2D eigenvalue weighted by Gasteiger charge is -2.29. The van der Waals surface area contributed by atoms with Crippen molar-refractivity contribution in [3.05, 3.63) is 42.3 Å². The van der Waals surface area contributed by atoms with Crippen molar-refractivity contribution in [2.24, 2.45) is 10.9 Å². The minimum atomic E-state index is 0. The molecule has 5 nitrogen and oxygen atoms in total. The Kier molecular flexibility index (Phi) is 8.41. The average molecular weight is 468 g/mol. The molecule has 1 aromatic carbocycles. The van der Waals surface area contributed by atoms with Gasteiger partial charge in [0.25, 0.3) is 0 Å². The van der Waals surface area contributed by atoms with Crippen LogP contribution in [0.1, 0.15) is 44.7 Å². The molecule has 0 aliphatic heterocycles. The zero-order valence-corrected chi connectivity index (χ0v) is 17.9. The predicted octanol–water partition coefficient (Wildman–Crippen LogP) is 4.59. The highest BCUT2D eigenvalue weighted by Gasteiger charge is 2.20. The summed E-state index contributed by atoms with van der Waals surface area (Å²) in [5.74, 6) is 2.39. The molecule has 0 atom stereocenters. The number of hydrogen-bond acceptors (Lipinski definition) is 3. The first-order valence-corrected chi connectivity index (χ1v) is 9.25. The highest BCUT2D eigenvalue weighted by molar-refractivity contribution is 14.0. The van der Waals surface area contributed by atoms with Crippen LogP contribution in [0.25, 0.3) is 11.5 Å². The summed E-state index contributed by atoms with van der Waals surface area (Å²) < 4.78 is 5.58. The molecule has 0 radical (unpaired) electrons. The Bertz CT molecular complexity index is 678. The van der Waals surface area contributed by atoms with Crippen molar-refractivity contribution >= 4 is 29.9 Å². The van der Waals surface area contributed by atoms with Crippen molar-refractivity contribution in [1.29, 1.82) is 0 Å². The van der Waals surface area contributed by atoms with E-state index >= 15 is 0 Å². The van der Waals surface area contributed by atoms with Gasteiger partial charge in [-0.15, -0.1) is 24.0 Å². The molecule has 0 unspecified atom stereocenters. The van der Waals surface area contributed by atoms with Crippen LogP contribution < -0.4 is 10.6 Å². The Morgan fingerprint density at radius 3 is 2.58 bits per heavy atom. The summed E-state index contributed by atoms with van der Waals surface area (Å²) in [6, 6.07) is 10.5.